The standard InChI is InChI=1S/C16H20N2O3/c1-3-9-21-14-7-5-12(6-8-14)15-10-13(11-19)16(20)18(4-2)17-15/h5-8,10,19H,3-4,9,11H2,1-2H3. The topological polar surface area (TPSA) is 64.3 Å². The average molecular weight is 288 g/mol. The van der Waals surface area contributed by atoms with Crippen LogP contribution in [-0.2, 0) is 13.2 Å². The molecule has 2 rings (SSSR count). The molecule has 1 heterocycles. The van der Waals surface area contributed by atoms with E-state index in [2.05, 4.69) is 12.0 Å². The molecule has 0 radical (unpaired) electrons. The molecule has 21 heavy (non-hydrogen) atoms. The molecule has 0 fully saturated rings. The average Bonchev–Trinajstić information content (AvgIpc) is 2.53. The van der Waals surface area contributed by atoms with Gasteiger partial charge in [-0.2, -0.15) is 5.10 Å². The van der Waals surface area contributed by atoms with E-state index in [0.29, 0.717) is 24.4 Å². The van der Waals surface area contributed by atoms with Gasteiger partial charge in [-0.3, -0.25) is 4.79 Å². The second-order valence-corrected chi connectivity index (χ2v) is 4.71. The van der Waals surface area contributed by atoms with Crippen molar-refractivity contribution in [2.24, 2.45) is 0 Å². The lowest BCUT2D eigenvalue weighted by Gasteiger charge is -2.09. The zero-order valence-corrected chi connectivity index (χ0v) is 12.4. The van der Waals surface area contributed by atoms with Crippen LogP contribution in [0.1, 0.15) is 25.8 Å². The van der Waals surface area contributed by atoms with Gasteiger partial charge in [-0.1, -0.05) is 6.92 Å². The van der Waals surface area contributed by atoms with Crippen molar-refractivity contribution in [3.8, 4) is 17.0 Å². The number of hydrogen-bond acceptors (Lipinski definition) is 4. The van der Waals surface area contributed by atoms with Crippen LogP contribution in [0.15, 0.2) is 35.1 Å². The van der Waals surface area contributed by atoms with E-state index in [-0.39, 0.29) is 12.2 Å². The summed E-state index contributed by atoms with van der Waals surface area (Å²) < 4.78 is 6.90. The SMILES string of the molecule is CCCOc1ccc(-c2cc(CO)c(=O)n(CC)n2)cc1. The molecule has 0 unspecified atom stereocenters. The van der Waals surface area contributed by atoms with E-state index in [1.165, 1.54) is 4.68 Å². The van der Waals surface area contributed by atoms with Crippen molar-refractivity contribution < 1.29 is 9.84 Å². The first-order valence-corrected chi connectivity index (χ1v) is 7.14. The molecular weight excluding hydrogens is 268 g/mol. The van der Waals surface area contributed by atoms with Crippen molar-refractivity contribution in [3.63, 3.8) is 0 Å². The van der Waals surface area contributed by atoms with Crippen molar-refractivity contribution >= 4 is 0 Å². The van der Waals surface area contributed by atoms with Gasteiger partial charge in [0.05, 0.1) is 18.9 Å². The molecule has 0 saturated heterocycles. The van der Waals surface area contributed by atoms with Crippen molar-refractivity contribution in [2.75, 3.05) is 6.61 Å². The van der Waals surface area contributed by atoms with Crippen LogP contribution in [0.5, 0.6) is 5.75 Å². The number of benzene rings is 1. The van der Waals surface area contributed by atoms with Gasteiger partial charge < -0.3 is 9.84 Å². The minimum atomic E-state index is -0.286. The van der Waals surface area contributed by atoms with Crippen molar-refractivity contribution in [3.05, 3.63) is 46.2 Å². The highest BCUT2D eigenvalue weighted by atomic mass is 16.5. The van der Waals surface area contributed by atoms with Crippen molar-refractivity contribution in [2.45, 2.75) is 33.4 Å². The quantitative estimate of drug-likeness (QED) is 0.885. The first kappa shape index (κ1) is 15.3. The Morgan fingerprint density at radius 3 is 2.52 bits per heavy atom. The minimum Gasteiger partial charge on any atom is -0.494 e. The lowest BCUT2D eigenvalue weighted by Crippen LogP contribution is -2.26. The maximum absolute atomic E-state index is 11.9. The smallest absolute Gasteiger partial charge is 0.272 e. The van der Waals surface area contributed by atoms with Crippen LogP contribution in [-0.4, -0.2) is 21.5 Å². The van der Waals surface area contributed by atoms with Gasteiger partial charge in [0.25, 0.3) is 5.56 Å². The second-order valence-electron chi connectivity index (χ2n) is 4.71. The summed E-state index contributed by atoms with van der Waals surface area (Å²) in [5.41, 5.74) is 1.66. The van der Waals surface area contributed by atoms with Gasteiger partial charge in [0.15, 0.2) is 0 Å². The molecule has 0 spiro atoms. The number of aryl methyl sites for hydroxylation is 1. The Bertz CT molecular complexity index is 619. The van der Waals surface area contributed by atoms with Gasteiger partial charge in [-0.25, -0.2) is 4.68 Å². The van der Waals surface area contributed by atoms with Crippen LogP contribution in [0, 0.1) is 0 Å². The summed E-state index contributed by atoms with van der Waals surface area (Å²) in [6.07, 6.45) is 0.963. The molecule has 5 heteroatoms. The van der Waals surface area contributed by atoms with Gasteiger partial charge >= 0.3 is 0 Å². The highest BCUT2D eigenvalue weighted by molar-refractivity contribution is 5.60. The van der Waals surface area contributed by atoms with E-state index >= 15 is 0 Å². The molecule has 0 atom stereocenters. The predicted octanol–water partition coefficient (Wildman–Crippen LogP) is 2.21. The van der Waals surface area contributed by atoms with Crippen molar-refractivity contribution in [1.82, 2.24) is 9.78 Å². The molecule has 0 bridgehead atoms. The lowest BCUT2D eigenvalue weighted by atomic mass is 10.1. The molecule has 1 N–H and O–H groups in total. The Balaban J connectivity index is 2.35. The summed E-state index contributed by atoms with van der Waals surface area (Å²) in [4.78, 5) is 11.9. The van der Waals surface area contributed by atoms with E-state index in [4.69, 9.17) is 4.74 Å². The van der Waals surface area contributed by atoms with Crippen molar-refractivity contribution in [1.29, 1.82) is 0 Å². The zero-order chi connectivity index (χ0) is 15.2. The number of hydrogen-bond donors (Lipinski definition) is 1. The maximum Gasteiger partial charge on any atom is 0.272 e. The van der Waals surface area contributed by atoms with E-state index < -0.39 is 0 Å². The third-order valence-electron chi connectivity index (χ3n) is 3.14. The van der Waals surface area contributed by atoms with Crippen LogP contribution >= 0.6 is 0 Å². The highest BCUT2D eigenvalue weighted by Gasteiger charge is 2.08. The Hall–Kier alpha value is -2.14. The summed E-state index contributed by atoms with van der Waals surface area (Å²) in [6, 6.07) is 9.20. The van der Waals surface area contributed by atoms with Gasteiger partial charge in [0.1, 0.15) is 5.75 Å². The van der Waals surface area contributed by atoms with Gasteiger partial charge in [0, 0.05) is 17.7 Å². The Morgan fingerprint density at radius 1 is 1.24 bits per heavy atom. The molecule has 0 aliphatic carbocycles. The Kier molecular flexibility index (Phi) is 5.11. The molecule has 0 saturated carbocycles. The lowest BCUT2D eigenvalue weighted by molar-refractivity contribution is 0.278. The Morgan fingerprint density at radius 2 is 1.95 bits per heavy atom. The summed E-state index contributed by atoms with van der Waals surface area (Å²) in [5.74, 6) is 0.812. The van der Waals surface area contributed by atoms with E-state index in [1.807, 2.05) is 31.2 Å². The number of aliphatic hydroxyl groups excluding tert-OH is 1. The van der Waals surface area contributed by atoms with Crippen LogP contribution in [0.25, 0.3) is 11.3 Å². The fraction of sp³-hybridized carbons (Fsp3) is 0.375. The summed E-state index contributed by atoms with van der Waals surface area (Å²) in [7, 11) is 0. The molecule has 1 aromatic carbocycles. The molecule has 0 amide bonds. The fourth-order valence-electron chi connectivity index (χ4n) is 2.01. The minimum absolute atomic E-state index is 0.244. The third-order valence-corrected chi connectivity index (χ3v) is 3.14. The van der Waals surface area contributed by atoms with Gasteiger partial charge in [0.2, 0.25) is 0 Å². The van der Waals surface area contributed by atoms with E-state index in [1.54, 1.807) is 6.07 Å². The number of ether oxygens (including phenoxy) is 1. The molecule has 0 aliphatic rings. The maximum atomic E-state index is 11.9. The van der Waals surface area contributed by atoms with E-state index in [0.717, 1.165) is 17.7 Å². The summed E-state index contributed by atoms with van der Waals surface area (Å²) >= 11 is 0. The molecule has 5 nitrogen and oxygen atoms in total. The predicted molar refractivity (Wildman–Crippen MR) is 81.3 cm³/mol. The zero-order valence-electron chi connectivity index (χ0n) is 12.4. The van der Waals surface area contributed by atoms with Crippen LogP contribution in [0.3, 0.4) is 0 Å². The third kappa shape index (κ3) is 3.49. The first-order chi connectivity index (χ1) is 10.2. The second kappa shape index (κ2) is 7.04. The normalized spacial score (nSPS) is 10.6. The molecule has 0 aliphatic heterocycles. The van der Waals surface area contributed by atoms with Gasteiger partial charge in [-0.05, 0) is 43.7 Å². The number of nitrogens with zero attached hydrogens (tertiary/aromatic N) is 2. The van der Waals surface area contributed by atoms with Crippen LogP contribution in [0.4, 0.5) is 0 Å². The van der Waals surface area contributed by atoms with Gasteiger partial charge in [-0.15, -0.1) is 0 Å². The number of aliphatic hydroxyl groups is 1. The monoisotopic (exact) mass is 288 g/mol. The Labute approximate surface area is 123 Å². The van der Waals surface area contributed by atoms with Crippen LogP contribution < -0.4 is 10.3 Å². The first-order valence-electron chi connectivity index (χ1n) is 7.14. The highest BCUT2D eigenvalue weighted by Crippen LogP contribution is 2.20. The number of rotatable bonds is 6. The van der Waals surface area contributed by atoms with Crippen LogP contribution in [0.2, 0.25) is 0 Å². The molecule has 1 aromatic heterocycles. The molecular formula is C16H20N2O3. The molecule has 112 valence electrons. The summed E-state index contributed by atoms with van der Waals surface area (Å²) in [6.45, 7) is 4.78. The molecule has 2 aromatic rings. The fourth-order valence-corrected chi connectivity index (χ4v) is 2.01. The number of aromatic nitrogens is 2. The van der Waals surface area contributed by atoms with E-state index in [9.17, 15) is 9.90 Å². The summed E-state index contributed by atoms with van der Waals surface area (Å²) in [5, 5.41) is 13.6. The largest absolute Gasteiger partial charge is 0.494 e.